The molecule has 24 heavy (non-hydrogen) atoms. The Morgan fingerprint density at radius 2 is 1.58 bits per heavy atom. The standard InChI is InChI=1S/C18H16FN3O2/c1-23-16-8-7-11(9-17(16)24-2)14-10-15(22-18(20)21-14)12-5-3-4-6-13(12)19/h3-10H,1-2H3,(H2,20,21,22). The molecule has 0 unspecified atom stereocenters. The molecule has 0 aliphatic rings. The van der Waals surface area contributed by atoms with E-state index < -0.39 is 0 Å². The fourth-order valence-corrected chi connectivity index (χ4v) is 2.42. The van der Waals surface area contributed by atoms with Crippen LogP contribution in [0.2, 0.25) is 0 Å². The van der Waals surface area contributed by atoms with Crippen molar-refractivity contribution < 1.29 is 13.9 Å². The number of methoxy groups -OCH3 is 2. The highest BCUT2D eigenvalue weighted by molar-refractivity contribution is 5.71. The molecule has 1 heterocycles. The summed E-state index contributed by atoms with van der Waals surface area (Å²) in [5, 5.41) is 0. The molecule has 2 aromatic carbocycles. The first-order valence-corrected chi connectivity index (χ1v) is 7.24. The van der Waals surface area contributed by atoms with E-state index in [-0.39, 0.29) is 11.8 Å². The average Bonchev–Trinajstić information content (AvgIpc) is 2.61. The Morgan fingerprint density at radius 3 is 2.29 bits per heavy atom. The van der Waals surface area contributed by atoms with Crippen LogP contribution in [-0.4, -0.2) is 24.2 Å². The summed E-state index contributed by atoms with van der Waals surface area (Å²) in [6, 6.07) is 13.5. The Kier molecular flexibility index (Phi) is 4.29. The highest BCUT2D eigenvalue weighted by atomic mass is 19.1. The smallest absolute Gasteiger partial charge is 0.221 e. The van der Waals surface area contributed by atoms with Crippen molar-refractivity contribution in [3.05, 3.63) is 54.3 Å². The van der Waals surface area contributed by atoms with Crippen molar-refractivity contribution in [2.75, 3.05) is 20.0 Å². The first-order valence-electron chi connectivity index (χ1n) is 7.24. The third kappa shape index (κ3) is 2.99. The lowest BCUT2D eigenvalue weighted by atomic mass is 10.1. The summed E-state index contributed by atoms with van der Waals surface area (Å²) >= 11 is 0. The summed E-state index contributed by atoms with van der Waals surface area (Å²) in [7, 11) is 3.12. The van der Waals surface area contributed by atoms with Gasteiger partial charge in [0.15, 0.2) is 11.5 Å². The molecular formula is C18H16FN3O2. The lowest BCUT2D eigenvalue weighted by Crippen LogP contribution is -2.00. The molecule has 2 N–H and O–H groups in total. The number of ether oxygens (including phenoxy) is 2. The Bertz CT molecular complexity index is 884. The predicted octanol–water partition coefficient (Wildman–Crippen LogP) is 3.55. The van der Waals surface area contributed by atoms with Crippen LogP contribution in [0, 0.1) is 5.82 Å². The van der Waals surface area contributed by atoms with Crippen LogP contribution in [0.5, 0.6) is 11.5 Å². The summed E-state index contributed by atoms with van der Waals surface area (Å²) in [5.41, 5.74) is 7.93. The number of hydrogen-bond donors (Lipinski definition) is 1. The Hall–Kier alpha value is -3.15. The lowest BCUT2D eigenvalue weighted by Gasteiger charge is -2.11. The van der Waals surface area contributed by atoms with Crippen LogP contribution < -0.4 is 15.2 Å². The Morgan fingerprint density at radius 1 is 0.875 bits per heavy atom. The van der Waals surface area contributed by atoms with Crippen molar-refractivity contribution >= 4 is 5.95 Å². The van der Waals surface area contributed by atoms with Crippen molar-refractivity contribution in [1.29, 1.82) is 0 Å². The second-order valence-electron chi connectivity index (χ2n) is 5.05. The molecule has 5 nitrogen and oxygen atoms in total. The number of halogens is 1. The fourth-order valence-electron chi connectivity index (χ4n) is 2.42. The molecule has 0 radical (unpaired) electrons. The summed E-state index contributed by atoms with van der Waals surface area (Å²) in [4.78, 5) is 8.38. The molecule has 0 saturated carbocycles. The van der Waals surface area contributed by atoms with E-state index in [4.69, 9.17) is 15.2 Å². The number of anilines is 1. The number of nitrogens with zero attached hydrogens (tertiary/aromatic N) is 2. The second-order valence-corrected chi connectivity index (χ2v) is 5.05. The SMILES string of the molecule is COc1ccc(-c2cc(-c3ccccc3F)nc(N)n2)cc1OC. The van der Waals surface area contributed by atoms with Gasteiger partial charge in [-0.25, -0.2) is 14.4 Å². The third-order valence-corrected chi connectivity index (χ3v) is 3.57. The van der Waals surface area contributed by atoms with E-state index in [1.807, 2.05) is 6.07 Å². The van der Waals surface area contributed by atoms with Gasteiger partial charge >= 0.3 is 0 Å². The molecule has 0 amide bonds. The zero-order valence-corrected chi connectivity index (χ0v) is 13.3. The number of aromatic nitrogens is 2. The number of hydrogen-bond acceptors (Lipinski definition) is 5. The molecule has 3 rings (SSSR count). The normalized spacial score (nSPS) is 10.5. The van der Waals surface area contributed by atoms with Gasteiger partial charge in [0, 0.05) is 11.1 Å². The van der Waals surface area contributed by atoms with Crippen LogP contribution in [0.15, 0.2) is 48.5 Å². The average molecular weight is 325 g/mol. The van der Waals surface area contributed by atoms with Gasteiger partial charge < -0.3 is 15.2 Å². The Balaban J connectivity index is 2.11. The largest absolute Gasteiger partial charge is 0.493 e. The van der Waals surface area contributed by atoms with Gasteiger partial charge in [-0.3, -0.25) is 0 Å². The van der Waals surface area contributed by atoms with Crippen molar-refractivity contribution in [1.82, 2.24) is 9.97 Å². The molecule has 0 aliphatic carbocycles. The topological polar surface area (TPSA) is 70.3 Å². The van der Waals surface area contributed by atoms with Gasteiger partial charge in [0.05, 0.1) is 25.6 Å². The van der Waals surface area contributed by atoms with Crippen LogP contribution in [0.25, 0.3) is 22.5 Å². The molecule has 0 saturated heterocycles. The summed E-state index contributed by atoms with van der Waals surface area (Å²) in [6.45, 7) is 0. The van der Waals surface area contributed by atoms with Crippen LogP contribution >= 0.6 is 0 Å². The zero-order chi connectivity index (χ0) is 17.1. The number of nitrogen functional groups attached to an aromatic ring is 1. The molecule has 3 aromatic rings. The molecule has 1 aromatic heterocycles. The molecular weight excluding hydrogens is 309 g/mol. The minimum absolute atomic E-state index is 0.0699. The predicted molar refractivity (Wildman–Crippen MR) is 90.4 cm³/mol. The van der Waals surface area contributed by atoms with Crippen molar-refractivity contribution in [2.45, 2.75) is 0 Å². The number of rotatable bonds is 4. The van der Waals surface area contributed by atoms with E-state index in [0.29, 0.717) is 28.5 Å². The van der Waals surface area contributed by atoms with Gasteiger partial charge in [-0.1, -0.05) is 12.1 Å². The maximum Gasteiger partial charge on any atom is 0.221 e. The maximum atomic E-state index is 14.0. The Labute approximate surface area is 138 Å². The first-order chi connectivity index (χ1) is 11.6. The number of benzene rings is 2. The van der Waals surface area contributed by atoms with Crippen molar-refractivity contribution in [2.24, 2.45) is 0 Å². The molecule has 0 fully saturated rings. The molecule has 0 aliphatic heterocycles. The third-order valence-electron chi connectivity index (χ3n) is 3.57. The summed E-state index contributed by atoms with van der Waals surface area (Å²) in [5.74, 6) is 0.881. The van der Waals surface area contributed by atoms with E-state index in [1.165, 1.54) is 6.07 Å². The van der Waals surface area contributed by atoms with Crippen LogP contribution in [0.1, 0.15) is 0 Å². The monoisotopic (exact) mass is 325 g/mol. The molecule has 0 bridgehead atoms. The van der Waals surface area contributed by atoms with Crippen molar-refractivity contribution in [3.63, 3.8) is 0 Å². The van der Waals surface area contributed by atoms with Crippen molar-refractivity contribution in [3.8, 4) is 34.0 Å². The van der Waals surface area contributed by atoms with E-state index in [1.54, 1.807) is 50.6 Å². The van der Waals surface area contributed by atoms with Crippen LogP contribution in [-0.2, 0) is 0 Å². The van der Waals surface area contributed by atoms with Gasteiger partial charge in [-0.15, -0.1) is 0 Å². The van der Waals surface area contributed by atoms with Gasteiger partial charge in [0.1, 0.15) is 5.82 Å². The fraction of sp³-hybridized carbons (Fsp3) is 0.111. The maximum absolute atomic E-state index is 14.0. The summed E-state index contributed by atoms with van der Waals surface area (Å²) < 4.78 is 24.6. The van der Waals surface area contributed by atoms with Gasteiger partial charge in [0.2, 0.25) is 5.95 Å². The molecule has 6 heteroatoms. The van der Waals surface area contributed by atoms with Gasteiger partial charge in [-0.05, 0) is 36.4 Å². The van der Waals surface area contributed by atoms with Crippen LogP contribution in [0.3, 0.4) is 0 Å². The van der Waals surface area contributed by atoms with E-state index >= 15 is 0 Å². The first kappa shape index (κ1) is 15.7. The molecule has 0 atom stereocenters. The van der Waals surface area contributed by atoms with E-state index in [9.17, 15) is 4.39 Å². The quantitative estimate of drug-likeness (QED) is 0.794. The number of nitrogens with two attached hydrogens (primary N) is 1. The summed E-state index contributed by atoms with van der Waals surface area (Å²) in [6.07, 6.45) is 0. The van der Waals surface area contributed by atoms with Crippen LogP contribution in [0.4, 0.5) is 10.3 Å². The van der Waals surface area contributed by atoms with E-state index in [0.717, 1.165) is 5.56 Å². The van der Waals surface area contributed by atoms with E-state index in [2.05, 4.69) is 9.97 Å². The molecule has 0 spiro atoms. The zero-order valence-electron chi connectivity index (χ0n) is 13.3. The highest BCUT2D eigenvalue weighted by Crippen LogP contribution is 2.33. The van der Waals surface area contributed by atoms with Gasteiger partial charge in [0.25, 0.3) is 0 Å². The minimum atomic E-state index is -0.367. The second kappa shape index (κ2) is 6.54. The minimum Gasteiger partial charge on any atom is -0.493 e. The highest BCUT2D eigenvalue weighted by Gasteiger charge is 2.12. The molecule has 122 valence electrons. The lowest BCUT2D eigenvalue weighted by molar-refractivity contribution is 0.355. The van der Waals surface area contributed by atoms with Gasteiger partial charge in [-0.2, -0.15) is 0 Å².